The molecule has 0 radical (unpaired) electrons. The summed E-state index contributed by atoms with van der Waals surface area (Å²) in [6, 6.07) is 0. The number of nitrogens with zero attached hydrogens (tertiary/aromatic N) is 1. The highest BCUT2D eigenvalue weighted by Gasteiger charge is 2.59. The molecule has 1 aromatic rings. The van der Waals surface area contributed by atoms with E-state index >= 15 is 4.39 Å². The lowest BCUT2D eigenvalue weighted by Gasteiger charge is -2.29. The molecule has 22 heavy (non-hydrogen) atoms. The number of aryl methyl sites for hydroxylation is 1. The van der Waals surface area contributed by atoms with E-state index in [1.54, 1.807) is 0 Å². The van der Waals surface area contributed by atoms with Crippen molar-refractivity contribution in [2.75, 3.05) is 13.7 Å². The van der Waals surface area contributed by atoms with Crippen LogP contribution in [0.3, 0.4) is 0 Å². The van der Waals surface area contributed by atoms with Gasteiger partial charge in [-0.2, -0.15) is 0 Å². The van der Waals surface area contributed by atoms with Crippen LogP contribution in [0, 0.1) is 6.92 Å². The Bertz CT molecular complexity index is 697. The Morgan fingerprint density at radius 2 is 2.27 bits per heavy atom. The van der Waals surface area contributed by atoms with Crippen LogP contribution in [-0.4, -0.2) is 46.3 Å². The molecule has 7 nitrogen and oxygen atoms in total. The van der Waals surface area contributed by atoms with Crippen LogP contribution in [0.4, 0.5) is 4.39 Å². The first-order chi connectivity index (χ1) is 10.2. The Labute approximate surface area is 126 Å². The van der Waals surface area contributed by atoms with Crippen molar-refractivity contribution < 1.29 is 19.0 Å². The van der Waals surface area contributed by atoms with Gasteiger partial charge in [0.15, 0.2) is 6.23 Å². The van der Waals surface area contributed by atoms with Crippen molar-refractivity contribution in [1.82, 2.24) is 9.55 Å². The SMILES string of the molecule is C=C(C)C1(F)C(O)C(COC)OC1n1cc(C)c(=O)[nH]c1=O. The van der Waals surface area contributed by atoms with Crippen molar-refractivity contribution in [2.45, 2.75) is 38.0 Å². The van der Waals surface area contributed by atoms with Crippen molar-refractivity contribution >= 4 is 0 Å². The zero-order chi connectivity index (χ0) is 16.7. The standard InChI is InChI=1S/C14H19FN2O5/c1-7(2)14(15)10(18)9(6-21-4)22-12(14)17-5-8(3)11(19)16-13(17)20/h5,9-10,12,18H,1,6H2,2-4H3,(H,16,19,20). The van der Waals surface area contributed by atoms with Crippen molar-refractivity contribution in [1.29, 1.82) is 0 Å². The number of H-pyrrole nitrogens is 1. The second-order valence-corrected chi connectivity index (χ2v) is 5.45. The monoisotopic (exact) mass is 314 g/mol. The van der Waals surface area contributed by atoms with Gasteiger partial charge in [-0.05, 0) is 19.4 Å². The predicted molar refractivity (Wildman–Crippen MR) is 76.5 cm³/mol. The summed E-state index contributed by atoms with van der Waals surface area (Å²) >= 11 is 0. The van der Waals surface area contributed by atoms with Crippen molar-refractivity contribution in [3.63, 3.8) is 0 Å². The van der Waals surface area contributed by atoms with Gasteiger partial charge >= 0.3 is 5.69 Å². The third-order valence-corrected chi connectivity index (χ3v) is 3.83. The van der Waals surface area contributed by atoms with Gasteiger partial charge < -0.3 is 14.6 Å². The summed E-state index contributed by atoms with van der Waals surface area (Å²) in [5, 5.41) is 10.2. The van der Waals surface area contributed by atoms with E-state index in [9.17, 15) is 14.7 Å². The summed E-state index contributed by atoms with van der Waals surface area (Å²) in [5.41, 5.74) is -3.53. The van der Waals surface area contributed by atoms with Crippen LogP contribution >= 0.6 is 0 Å². The summed E-state index contributed by atoms with van der Waals surface area (Å²) in [6.45, 7) is 6.39. The van der Waals surface area contributed by atoms with Crippen LogP contribution in [0.1, 0.15) is 18.7 Å². The van der Waals surface area contributed by atoms with E-state index in [4.69, 9.17) is 9.47 Å². The molecular formula is C14H19FN2O5. The topological polar surface area (TPSA) is 93.5 Å². The van der Waals surface area contributed by atoms with Gasteiger partial charge in [0.2, 0.25) is 5.67 Å². The quantitative estimate of drug-likeness (QED) is 0.765. The van der Waals surface area contributed by atoms with Crippen LogP contribution in [-0.2, 0) is 9.47 Å². The van der Waals surface area contributed by atoms with E-state index in [1.165, 1.54) is 27.2 Å². The molecule has 2 rings (SSSR count). The molecule has 1 fully saturated rings. The average Bonchev–Trinajstić information content (AvgIpc) is 2.69. The number of aliphatic hydroxyl groups is 1. The van der Waals surface area contributed by atoms with E-state index in [0.717, 1.165) is 4.57 Å². The highest BCUT2D eigenvalue weighted by molar-refractivity contribution is 5.21. The lowest BCUT2D eigenvalue weighted by molar-refractivity contribution is -0.0632. The number of ether oxygens (including phenoxy) is 2. The third kappa shape index (κ3) is 2.43. The Morgan fingerprint density at radius 3 is 2.82 bits per heavy atom. The van der Waals surface area contributed by atoms with Crippen molar-refractivity contribution in [3.8, 4) is 0 Å². The fourth-order valence-electron chi connectivity index (χ4n) is 2.54. The highest BCUT2D eigenvalue weighted by Crippen LogP contribution is 2.45. The Morgan fingerprint density at radius 1 is 1.64 bits per heavy atom. The molecule has 1 saturated heterocycles. The molecule has 0 saturated carbocycles. The first-order valence-electron chi connectivity index (χ1n) is 6.72. The van der Waals surface area contributed by atoms with E-state index in [2.05, 4.69) is 11.6 Å². The minimum Gasteiger partial charge on any atom is -0.386 e. The zero-order valence-electron chi connectivity index (χ0n) is 12.6. The number of aromatic nitrogens is 2. The van der Waals surface area contributed by atoms with Gasteiger partial charge in [-0.3, -0.25) is 14.3 Å². The molecule has 122 valence electrons. The first-order valence-corrected chi connectivity index (χ1v) is 6.72. The number of aromatic amines is 1. The van der Waals surface area contributed by atoms with Crippen molar-refractivity contribution in [3.05, 3.63) is 44.8 Å². The maximum absolute atomic E-state index is 15.4. The molecule has 0 aromatic carbocycles. The number of hydrogen-bond acceptors (Lipinski definition) is 5. The number of nitrogens with one attached hydrogen (secondary N) is 1. The summed E-state index contributed by atoms with van der Waals surface area (Å²) in [5.74, 6) is 0. The molecule has 8 heteroatoms. The average molecular weight is 314 g/mol. The number of aliphatic hydroxyl groups excluding tert-OH is 1. The smallest absolute Gasteiger partial charge is 0.330 e. The molecule has 2 heterocycles. The van der Waals surface area contributed by atoms with Gasteiger partial charge in [0, 0.05) is 18.9 Å². The van der Waals surface area contributed by atoms with Gasteiger partial charge in [0.05, 0.1) is 6.61 Å². The Hall–Kier alpha value is -1.77. The fraction of sp³-hybridized carbons (Fsp3) is 0.571. The second kappa shape index (κ2) is 5.79. The molecular weight excluding hydrogens is 295 g/mol. The minimum atomic E-state index is -2.38. The molecule has 0 amide bonds. The second-order valence-electron chi connectivity index (χ2n) is 5.45. The number of halogens is 1. The molecule has 1 aliphatic rings. The summed E-state index contributed by atoms with van der Waals surface area (Å²) < 4.78 is 26.7. The number of hydrogen-bond donors (Lipinski definition) is 2. The molecule has 0 bridgehead atoms. The molecule has 1 aliphatic heterocycles. The number of alkyl halides is 1. The van der Waals surface area contributed by atoms with E-state index in [1.807, 2.05) is 0 Å². The third-order valence-electron chi connectivity index (χ3n) is 3.83. The van der Waals surface area contributed by atoms with Crippen LogP contribution in [0.15, 0.2) is 27.9 Å². The number of methoxy groups -OCH3 is 1. The van der Waals surface area contributed by atoms with Gasteiger partial charge in [-0.1, -0.05) is 6.58 Å². The van der Waals surface area contributed by atoms with Crippen LogP contribution in [0.2, 0.25) is 0 Å². The fourth-order valence-corrected chi connectivity index (χ4v) is 2.54. The van der Waals surface area contributed by atoms with E-state index < -0.39 is 35.4 Å². The summed E-state index contributed by atoms with van der Waals surface area (Å²) in [6.07, 6.45) is -2.75. The Kier molecular flexibility index (Phi) is 4.37. The highest BCUT2D eigenvalue weighted by atomic mass is 19.1. The normalized spacial score (nSPS) is 31.4. The van der Waals surface area contributed by atoms with Gasteiger partial charge in [0.25, 0.3) is 5.56 Å². The van der Waals surface area contributed by atoms with E-state index in [0.29, 0.717) is 0 Å². The minimum absolute atomic E-state index is 0.0133. The van der Waals surface area contributed by atoms with Gasteiger partial charge in [-0.25, -0.2) is 9.18 Å². The van der Waals surface area contributed by atoms with Crippen LogP contribution in [0.25, 0.3) is 0 Å². The molecule has 0 spiro atoms. The molecule has 4 unspecified atom stereocenters. The lowest BCUT2D eigenvalue weighted by atomic mass is 9.89. The van der Waals surface area contributed by atoms with Gasteiger partial charge in [-0.15, -0.1) is 0 Å². The summed E-state index contributed by atoms with van der Waals surface area (Å²) in [4.78, 5) is 25.5. The molecule has 2 N–H and O–H groups in total. The molecule has 0 aliphatic carbocycles. The maximum Gasteiger partial charge on any atom is 0.330 e. The number of rotatable bonds is 4. The largest absolute Gasteiger partial charge is 0.386 e. The van der Waals surface area contributed by atoms with E-state index in [-0.39, 0.29) is 17.7 Å². The predicted octanol–water partition coefficient (Wildman–Crippen LogP) is 0.0341. The lowest BCUT2D eigenvalue weighted by Crippen LogP contribution is -2.46. The molecule has 4 atom stereocenters. The van der Waals surface area contributed by atoms with Crippen LogP contribution < -0.4 is 11.2 Å². The van der Waals surface area contributed by atoms with Crippen LogP contribution in [0.5, 0.6) is 0 Å². The first kappa shape index (κ1) is 16.6. The maximum atomic E-state index is 15.4. The summed E-state index contributed by atoms with van der Waals surface area (Å²) in [7, 11) is 1.39. The van der Waals surface area contributed by atoms with Crippen molar-refractivity contribution in [2.24, 2.45) is 0 Å². The van der Waals surface area contributed by atoms with Gasteiger partial charge in [0.1, 0.15) is 12.2 Å². The zero-order valence-corrected chi connectivity index (χ0v) is 12.6. The Balaban J connectivity index is 2.57. The molecule has 1 aromatic heterocycles.